The number of aromatic nitrogens is 2. The molecule has 0 saturated carbocycles. The van der Waals surface area contributed by atoms with Gasteiger partial charge in [-0.05, 0) is 29.8 Å². The predicted molar refractivity (Wildman–Crippen MR) is 135 cm³/mol. The van der Waals surface area contributed by atoms with Crippen molar-refractivity contribution in [3.8, 4) is 11.5 Å². The Morgan fingerprint density at radius 3 is 2.38 bits per heavy atom. The van der Waals surface area contributed by atoms with E-state index in [1.54, 1.807) is 32.4 Å². The number of amides is 1. The van der Waals surface area contributed by atoms with Crippen molar-refractivity contribution in [1.82, 2.24) is 19.6 Å². The highest BCUT2D eigenvalue weighted by atomic mass is 35.5. The van der Waals surface area contributed by atoms with E-state index in [0.717, 1.165) is 54.3 Å². The number of ether oxygens (including phenoxy) is 2. The predicted octanol–water partition coefficient (Wildman–Crippen LogP) is 3.35. The van der Waals surface area contributed by atoms with Crippen molar-refractivity contribution < 1.29 is 14.3 Å². The lowest BCUT2D eigenvalue weighted by Gasteiger charge is -2.34. The largest absolute Gasteiger partial charge is 0.497 e. The van der Waals surface area contributed by atoms with Gasteiger partial charge < -0.3 is 19.7 Å². The standard InChI is InChI=1S/C24H28ClN5O3S/c1-32-20-14-18(15-21(16-20)33-2)23(31)26-7-8-29-9-11-30(12-10-29)24-27-22(28-34-24)13-17-3-5-19(25)6-4-17/h3-6,14-16H,7-13H2,1-2H3,(H,26,31). The molecule has 0 bridgehead atoms. The monoisotopic (exact) mass is 501 g/mol. The molecule has 2 aromatic carbocycles. The maximum absolute atomic E-state index is 12.5. The first kappa shape index (κ1) is 24.3. The second-order valence-corrected chi connectivity index (χ2v) is 9.15. The fraction of sp³-hybridized carbons (Fsp3) is 0.375. The summed E-state index contributed by atoms with van der Waals surface area (Å²) in [6.45, 7) is 4.96. The van der Waals surface area contributed by atoms with Gasteiger partial charge >= 0.3 is 0 Å². The van der Waals surface area contributed by atoms with Crippen molar-refractivity contribution in [2.24, 2.45) is 0 Å². The van der Waals surface area contributed by atoms with Gasteiger partial charge in [0.15, 0.2) is 0 Å². The lowest BCUT2D eigenvalue weighted by Crippen LogP contribution is -2.48. The topological polar surface area (TPSA) is 79.8 Å². The average molecular weight is 502 g/mol. The summed E-state index contributed by atoms with van der Waals surface area (Å²) in [5, 5.41) is 4.68. The van der Waals surface area contributed by atoms with Crippen LogP contribution in [-0.4, -0.2) is 73.7 Å². The van der Waals surface area contributed by atoms with Gasteiger partial charge in [0.1, 0.15) is 17.3 Å². The van der Waals surface area contributed by atoms with Crippen molar-refractivity contribution in [2.45, 2.75) is 6.42 Å². The third kappa shape index (κ3) is 6.37. The van der Waals surface area contributed by atoms with Gasteiger partial charge in [0.05, 0.1) is 14.2 Å². The number of halogens is 1. The zero-order valence-electron chi connectivity index (χ0n) is 19.3. The molecule has 3 aromatic rings. The number of rotatable bonds is 9. The van der Waals surface area contributed by atoms with Crippen LogP contribution >= 0.6 is 23.1 Å². The molecule has 0 atom stereocenters. The Kier molecular flexibility index (Phi) is 8.21. The molecule has 8 nitrogen and oxygen atoms in total. The van der Waals surface area contributed by atoms with Crippen LogP contribution in [0, 0.1) is 0 Å². The molecule has 0 radical (unpaired) electrons. The van der Waals surface area contributed by atoms with E-state index in [2.05, 4.69) is 19.5 Å². The Morgan fingerprint density at radius 1 is 1.06 bits per heavy atom. The molecule has 0 unspecified atom stereocenters. The molecule has 0 spiro atoms. The van der Waals surface area contributed by atoms with E-state index >= 15 is 0 Å². The number of methoxy groups -OCH3 is 2. The molecular weight excluding hydrogens is 474 g/mol. The Morgan fingerprint density at radius 2 is 1.74 bits per heavy atom. The van der Waals surface area contributed by atoms with Crippen LogP contribution in [-0.2, 0) is 6.42 Å². The molecule has 10 heteroatoms. The number of carbonyl (C=O) groups excluding carboxylic acids is 1. The highest BCUT2D eigenvalue weighted by Gasteiger charge is 2.20. The summed E-state index contributed by atoms with van der Waals surface area (Å²) in [5.74, 6) is 1.88. The first-order valence-electron chi connectivity index (χ1n) is 11.1. The van der Waals surface area contributed by atoms with E-state index in [1.165, 1.54) is 11.5 Å². The van der Waals surface area contributed by atoms with Crippen LogP contribution in [0.5, 0.6) is 11.5 Å². The summed E-state index contributed by atoms with van der Waals surface area (Å²) in [7, 11) is 3.14. The van der Waals surface area contributed by atoms with Crippen LogP contribution in [0.25, 0.3) is 0 Å². The number of piperazine rings is 1. The molecule has 1 aliphatic heterocycles. The van der Waals surface area contributed by atoms with Crippen molar-refractivity contribution >= 4 is 34.2 Å². The molecule has 2 heterocycles. The van der Waals surface area contributed by atoms with E-state index in [9.17, 15) is 4.79 Å². The fourth-order valence-electron chi connectivity index (χ4n) is 3.76. The molecule has 180 valence electrons. The Balaban J connectivity index is 1.21. The van der Waals surface area contributed by atoms with Crippen LogP contribution in [0.15, 0.2) is 42.5 Å². The first-order chi connectivity index (χ1) is 16.5. The fourth-order valence-corrected chi connectivity index (χ4v) is 4.62. The number of hydrogen-bond donors (Lipinski definition) is 1. The van der Waals surface area contributed by atoms with Crippen molar-refractivity contribution in [1.29, 1.82) is 0 Å². The minimum Gasteiger partial charge on any atom is -0.497 e. The summed E-state index contributed by atoms with van der Waals surface area (Å²) in [5.41, 5.74) is 1.67. The van der Waals surface area contributed by atoms with Gasteiger partial charge in [-0.1, -0.05) is 23.7 Å². The summed E-state index contributed by atoms with van der Waals surface area (Å²) >= 11 is 7.41. The summed E-state index contributed by atoms with van der Waals surface area (Å²) in [6.07, 6.45) is 0.701. The molecule has 1 fully saturated rings. The van der Waals surface area contributed by atoms with Crippen molar-refractivity contribution in [3.63, 3.8) is 0 Å². The summed E-state index contributed by atoms with van der Waals surface area (Å²) in [4.78, 5) is 21.9. The van der Waals surface area contributed by atoms with E-state index in [-0.39, 0.29) is 5.91 Å². The van der Waals surface area contributed by atoms with Crippen LogP contribution in [0.3, 0.4) is 0 Å². The number of carbonyl (C=O) groups is 1. The highest BCUT2D eigenvalue weighted by Crippen LogP contribution is 2.23. The van der Waals surface area contributed by atoms with Crippen molar-refractivity contribution in [3.05, 3.63) is 64.4 Å². The van der Waals surface area contributed by atoms with Gasteiger partial charge in [-0.25, -0.2) is 4.98 Å². The molecule has 0 aliphatic carbocycles. The van der Waals surface area contributed by atoms with Gasteiger partial charge in [-0.3, -0.25) is 9.69 Å². The van der Waals surface area contributed by atoms with Crippen LogP contribution in [0.1, 0.15) is 21.7 Å². The SMILES string of the molecule is COc1cc(OC)cc(C(=O)NCCN2CCN(c3nc(Cc4ccc(Cl)cc4)ns3)CC2)c1. The zero-order valence-corrected chi connectivity index (χ0v) is 20.9. The Labute approximate surface area is 208 Å². The highest BCUT2D eigenvalue weighted by molar-refractivity contribution is 7.09. The average Bonchev–Trinajstić information content (AvgIpc) is 3.34. The summed E-state index contributed by atoms with van der Waals surface area (Å²) < 4.78 is 15.0. The van der Waals surface area contributed by atoms with Crippen LogP contribution in [0.2, 0.25) is 5.02 Å². The van der Waals surface area contributed by atoms with Crippen LogP contribution in [0.4, 0.5) is 5.13 Å². The van der Waals surface area contributed by atoms with Gasteiger partial charge in [0.2, 0.25) is 5.13 Å². The van der Waals surface area contributed by atoms with Crippen LogP contribution < -0.4 is 19.7 Å². The molecular formula is C24H28ClN5O3S. The maximum atomic E-state index is 12.5. The maximum Gasteiger partial charge on any atom is 0.251 e. The molecule has 1 amide bonds. The third-order valence-electron chi connectivity index (χ3n) is 5.70. The smallest absolute Gasteiger partial charge is 0.251 e. The second-order valence-electron chi connectivity index (χ2n) is 7.98. The van der Waals surface area contributed by atoms with E-state index in [0.29, 0.717) is 30.0 Å². The van der Waals surface area contributed by atoms with E-state index in [4.69, 9.17) is 26.1 Å². The molecule has 4 rings (SSSR count). The number of anilines is 1. The molecule has 1 saturated heterocycles. The summed E-state index contributed by atoms with van der Waals surface area (Å²) in [6, 6.07) is 12.9. The molecule has 1 N–H and O–H groups in total. The number of hydrogen-bond acceptors (Lipinski definition) is 8. The second kappa shape index (κ2) is 11.5. The molecule has 1 aromatic heterocycles. The van der Waals surface area contributed by atoms with E-state index < -0.39 is 0 Å². The van der Waals surface area contributed by atoms with Crippen molar-refractivity contribution in [2.75, 3.05) is 58.4 Å². The van der Waals surface area contributed by atoms with Gasteiger partial charge in [0.25, 0.3) is 5.91 Å². The lowest BCUT2D eigenvalue weighted by atomic mass is 10.1. The quantitative estimate of drug-likeness (QED) is 0.481. The Hall–Kier alpha value is -2.88. The van der Waals surface area contributed by atoms with E-state index in [1.807, 2.05) is 24.3 Å². The number of benzene rings is 2. The Bertz CT molecular complexity index is 1080. The van der Waals surface area contributed by atoms with Gasteiger partial charge in [0, 0.05) is 73.9 Å². The minimum atomic E-state index is -0.141. The number of nitrogens with zero attached hydrogens (tertiary/aromatic N) is 4. The first-order valence-corrected chi connectivity index (χ1v) is 12.2. The molecule has 34 heavy (non-hydrogen) atoms. The van der Waals surface area contributed by atoms with Gasteiger partial charge in [-0.15, -0.1) is 0 Å². The lowest BCUT2D eigenvalue weighted by molar-refractivity contribution is 0.0947. The zero-order chi connectivity index (χ0) is 23.9. The third-order valence-corrected chi connectivity index (χ3v) is 6.77. The molecule has 1 aliphatic rings. The normalized spacial score (nSPS) is 14.1. The minimum absolute atomic E-state index is 0.141. The number of nitrogens with one attached hydrogen (secondary N) is 1. The van der Waals surface area contributed by atoms with Gasteiger partial charge in [-0.2, -0.15) is 4.37 Å².